The lowest BCUT2D eigenvalue weighted by atomic mass is 10.3. The summed E-state index contributed by atoms with van der Waals surface area (Å²) in [6.07, 6.45) is 3.40. The number of rotatable bonds is 12. The molecule has 2 N–H and O–H groups in total. The summed E-state index contributed by atoms with van der Waals surface area (Å²) < 4.78 is 2.07. The third kappa shape index (κ3) is 10.4. The van der Waals surface area contributed by atoms with Gasteiger partial charge in [0.1, 0.15) is 0 Å². The molecule has 0 spiro atoms. The zero-order valence-corrected chi connectivity index (χ0v) is 19.7. The highest BCUT2D eigenvalue weighted by molar-refractivity contribution is 14.0. The van der Waals surface area contributed by atoms with Crippen LogP contribution in [0.5, 0.6) is 0 Å². The van der Waals surface area contributed by atoms with Crippen molar-refractivity contribution in [3.8, 4) is 0 Å². The van der Waals surface area contributed by atoms with Gasteiger partial charge in [0.15, 0.2) is 5.96 Å². The van der Waals surface area contributed by atoms with Crippen LogP contribution in [-0.2, 0) is 6.54 Å². The fraction of sp³-hybridized carbons (Fsp3) is 0.789. The van der Waals surface area contributed by atoms with Crippen LogP contribution in [0, 0.1) is 13.8 Å². The zero-order valence-electron chi connectivity index (χ0n) is 17.3. The van der Waals surface area contributed by atoms with E-state index in [9.17, 15) is 0 Å². The number of hydrogen-bond acceptors (Lipinski definition) is 3. The second kappa shape index (κ2) is 15.2. The SMILES string of the molecule is CCNC(=NCCCn1nc(C)cc1C)NCCCCN(CC)CC.I. The van der Waals surface area contributed by atoms with Crippen molar-refractivity contribution in [3.63, 3.8) is 0 Å². The van der Waals surface area contributed by atoms with Crippen molar-refractivity contribution in [2.75, 3.05) is 39.3 Å². The first-order valence-electron chi connectivity index (χ1n) is 9.86. The molecule has 0 saturated carbocycles. The molecule has 0 unspecified atom stereocenters. The van der Waals surface area contributed by atoms with Crippen LogP contribution in [0.4, 0.5) is 0 Å². The molecule has 1 aromatic heterocycles. The molecule has 0 bridgehead atoms. The summed E-state index contributed by atoms with van der Waals surface area (Å²) >= 11 is 0. The molecule has 0 amide bonds. The Kier molecular flexibility index (Phi) is 14.8. The van der Waals surface area contributed by atoms with Crippen molar-refractivity contribution in [2.24, 2.45) is 4.99 Å². The van der Waals surface area contributed by atoms with Crippen LogP contribution in [0.3, 0.4) is 0 Å². The highest BCUT2D eigenvalue weighted by Crippen LogP contribution is 2.02. The molecule has 0 aliphatic carbocycles. The molecule has 26 heavy (non-hydrogen) atoms. The molecular formula is C19H39IN6. The summed E-state index contributed by atoms with van der Waals surface area (Å²) in [4.78, 5) is 7.14. The lowest BCUT2D eigenvalue weighted by molar-refractivity contribution is 0.297. The summed E-state index contributed by atoms with van der Waals surface area (Å²) in [7, 11) is 0. The number of aromatic nitrogens is 2. The fourth-order valence-electron chi connectivity index (χ4n) is 2.86. The van der Waals surface area contributed by atoms with E-state index in [1.807, 2.05) is 6.92 Å². The minimum Gasteiger partial charge on any atom is -0.357 e. The molecule has 0 saturated heterocycles. The van der Waals surface area contributed by atoms with Crippen LogP contribution in [0.15, 0.2) is 11.1 Å². The highest BCUT2D eigenvalue weighted by atomic mass is 127. The van der Waals surface area contributed by atoms with Crippen LogP contribution >= 0.6 is 24.0 Å². The Balaban J connectivity index is 0.00000625. The molecule has 0 aliphatic heterocycles. The number of unbranched alkanes of at least 4 members (excludes halogenated alkanes) is 1. The summed E-state index contributed by atoms with van der Waals surface area (Å²) in [5, 5.41) is 11.3. The average molecular weight is 478 g/mol. The Labute approximate surface area is 177 Å². The average Bonchev–Trinajstić information content (AvgIpc) is 2.92. The standard InChI is InChI=1S/C19H38N6.HI/c1-6-20-19(21-12-9-10-14-24(7-2)8-3)22-13-11-15-25-18(5)16-17(4)23-25;/h16H,6-15H2,1-5H3,(H2,20,21,22);1H. The molecule has 152 valence electrons. The van der Waals surface area contributed by atoms with Gasteiger partial charge in [-0.25, -0.2) is 0 Å². The summed E-state index contributed by atoms with van der Waals surface area (Å²) in [5.74, 6) is 0.929. The first-order chi connectivity index (χ1) is 12.1. The molecule has 7 heteroatoms. The van der Waals surface area contributed by atoms with Crippen LogP contribution in [-0.4, -0.2) is 59.9 Å². The molecule has 0 fully saturated rings. The lowest BCUT2D eigenvalue weighted by Crippen LogP contribution is -2.38. The van der Waals surface area contributed by atoms with Gasteiger partial charge in [0, 0.05) is 31.9 Å². The topological polar surface area (TPSA) is 57.5 Å². The van der Waals surface area contributed by atoms with E-state index in [-0.39, 0.29) is 24.0 Å². The van der Waals surface area contributed by atoms with Crippen molar-refractivity contribution in [3.05, 3.63) is 17.5 Å². The smallest absolute Gasteiger partial charge is 0.191 e. The monoisotopic (exact) mass is 478 g/mol. The minimum atomic E-state index is 0. The Bertz CT molecular complexity index is 496. The van der Waals surface area contributed by atoms with E-state index in [1.165, 1.54) is 25.1 Å². The van der Waals surface area contributed by atoms with E-state index < -0.39 is 0 Å². The van der Waals surface area contributed by atoms with E-state index in [1.54, 1.807) is 0 Å². The number of aryl methyl sites for hydroxylation is 3. The lowest BCUT2D eigenvalue weighted by Gasteiger charge is -2.18. The first kappa shape index (κ1) is 25.2. The molecule has 0 aromatic carbocycles. The van der Waals surface area contributed by atoms with Gasteiger partial charge in [-0.1, -0.05) is 13.8 Å². The third-order valence-corrected chi connectivity index (χ3v) is 4.33. The summed E-state index contributed by atoms with van der Waals surface area (Å²) in [5.41, 5.74) is 2.31. The van der Waals surface area contributed by atoms with Crippen molar-refractivity contribution in [1.29, 1.82) is 0 Å². The Hall–Kier alpha value is -0.830. The third-order valence-electron chi connectivity index (χ3n) is 4.33. The van der Waals surface area contributed by atoms with Crippen LogP contribution in [0.1, 0.15) is 51.4 Å². The Morgan fingerprint density at radius 1 is 1.12 bits per heavy atom. The van der Waals surface area contributed by atoms with Gasteiger partial charge >= 0.3 is 0 Å². The molecule has 1 aromatic rings. The van der Waals surface area contributed by atoms with Crippen molar-refractivity contribution >= 4 is 29.9 Å². The molecule has 6 nitrogen and oxygen atoms in total. The van der Waals surface area contributed by atoms with Crippen LogP contribution < -0.4 is 10.6 Å². The highest BCUT2D eigenvalue weighted by Gasteiger charge is 2.01. The predicted molar refractivity (Wildman–Crippen MR) is 123 cm³/mol. The van der Waals surface area contributed by atoms with E-state index in [0.29, 0.717) is 0 Å². The van der Waals surface area contributed by atoms with E-state index >= 15 is 0 Å². The van der Waals surface area contributed by atoms with Gasteiger partial charge in [-0.05, 0) is 65.7 Å². The molecule has 0 radical (unpaired) electrons. The van der Waals surface area contributed by atoms with Crippen LogP contribution in [0.25, 0.3) is 0 Å². The summed E-state index contributed by atoms with van der Waals surface area (Å²) in [6, 6.07) is 2.12. The molecular weight excluding hydrogens is 439 g/mol. The largest absolute Gasteiger partial charge is 0.357 e. The maximum absolute atomic E-state index is 4.67. The van der Waals surface area contributed by atoms with Gasteiger partial charge in [-0.3, -0.25) is 9.67 Å². The van der Waals surface area contributed by atoms with Crippen molar-refractivity contribution < 1.29 is 0 Å². The number of nitrogens with one attached hydrogen (secondary N) is 2. The van der Waals surface area contributed by atoms with Gasteiger partial charge in [0.05, 0.1) is 5.69 Å². The molecule has 0 aliphatic rings. The minimum absolute atomic E-state index is 0. The van der Waals surface area contributed by atoms with Crippen LogP contribution in [0.2, 0.25) is 0 Å². The zero-order chi connectivity index (χ0) is 18.5. The van der Waals surface area contributed by atoms with Gasteiger partial charge in [-0.2, -0.15) is 5.10 Å². The van der Waals surface area contributed by atoms with Crippen molar-refractivity contribution in [2.45, 2.75) is 60.4 Å². The van der Waals surface area contributed by atoms with E-state index in [2.05, 4.69) is 64.1 Å². The van der Waals surface area contributed by atoms with Gasteiger partial charge in [-0.15, -0.1) is 24.0 Å². The first-order valence-corrected chi connectivity index (χ1v) is 9.86. The number of aliphatic imine (C=N–C) groups is 1. The quantitative estimate of drug-likeness (QED) is 0.210. The molecule has 0 atom stereocenters. The Morgan fingerprint density at radius 2 is 1.85 bits per heavy atom. The summed E-state index contributed by atoms with van der Waals surface area (Å²) in [6.45, 7) is 17.8. The number of nitrogens with zero attached hydrogens (tertiary/aromatic N) is 4. The normalized spacial score (nSPS) is 11.5. The second-order valence-corrected chi connectivity index (χ2v) is 6.43. The number of hydrogen-bond donors (Lipinski definition) is 2. The maximum Gasteiger partial charge on any atom is 0.191 e. The van der Waals surface area contributed by atoms with Gasteiger partial charge in [0.25, 0.3) is 0 Å². The van der Waals surface area contributed by atoms with Gasteiger partial charge < -0.3 is 15.5 Å². The van der Waals surface area contributed by atoms with E-state index in [4.69, 9.17) is 0 Å². The predicted octanol–water partition coefficient (Wildman–Crippen LogP) is 3.19. The number of guanidine groups is 1. The van der Waals surface area contributed by atoms with Gasteiger partial charge in [0.2, 0.25) is 0 Å². The molecule has 1 rings (SSSR count). The van der Waals surface area contributed by atoms with Crippen molar-refractivity contribution in [1.82, 2.24) is 25.3 Å². The maximum atomic E-state index is 4.67. The Morgan fingerprint density at radius 3 is 2.42 bits per heavy atom. The fourth-order valence-corrected chi connectivity index (χ4v) is 2.86. The molecule has 1 heterocycles. The number of halogens is 1. The second-order valence-electron chi connectivity index (χ2n) is 6.43. The van der Waals surface area contributed by atoms with E-state index in [0.717, 1.165) is 57.3 Å².